The lowest BCUT2D eigenvalue weighted by Gasteiger charge is -2.35. The van der Waals surface area contributed by atoms with Gasteiger partial charge in [0.05, 0.1) is 24.6 Å². The van der Waals surface area contributed by atoms with Crippen molar-refractivity contribution in [3.8, 4) is 5.75 Å². The minimum absolute atomic E-state index is 0.0630. The maximum atomic E-state index is 5.80. The topological polar surface area (TPSA) is 50.7 Å². The summed E-state index contributed by atoms with van der Waals surface area (Å²) in [4.78, 5) is 13.6. The Labute approximate surface area is 146 Å². The molecule has 0 bridgehead atoms. The highest BCUT2D eigenvalue weighted by Gasteiger charge is 2.20. The molecule has 6 heteroatoms. The summed E-state index contributed by atoms with van der Waals surface area (Å²) >= 11 is 0. The van der Waals surface area contributed by atoms with Crippen LogP contribution < -0.4 is 9.64 Å². The van der Waals surface area contributed by atoms with Crippen LogP contribution in [0.3, 0.4) is 0 Å². The van der Waals surface area contributed by atoms with Crippen LogP contribution in [0, 0.1) is 0 Å². The molecule has 6 nitrogen and oxygen atoms in total. The molecule has 1 fully saturated rings. The fraction of sp³-hybridized carbons (Fsp3) is 0.778. The zero-order chi connectivity index (χ0) is 17.8. The predicted octanol–water partition coefficient (Wildman–Crippen LogP) is 2.59. The lowest BCUT2D eigenvalue weighted by Crippen LogP contribution is -2.48. The number of rotatable bonds is 5. The molecule has 1 aliphatic rings. The summed E-state index contributed by atoms with van der Waals surface area (Å²) in [5.41, 5.74) is -0.293. The van der Waals surface area contributed by atoms with E-state index in [0.717, 1.165) is 45.3 Å². The quantitative estimate of drug-likeness (QED) is 0.824. The summed E-state index contributed by atoms with van der Waals surface area (Å²) in [6.07, 6.45) is 3.52. The Balaban J connectivity index is 1.78. The molecule has 0 saturated carbocycles. The second kappa shape index (κ2) is 7.66. The summed E-state index contributed by atoms with van der Waals surface area (Å²) in [6.45, 7) is 18.0. The zero-order valence-corrected chi connectivity index (χ0v) is 16.0. The molecule has 136 valence electrons. The van der Waals surface area contributed by atoms with Crippen LogP contribution in [0.25, 0.3) is 0 Å². The van der Waals surface area contributed by atoms with Crippen molar-refractivity contribution < 1.29 is 9.47 Å². The predicted molar refractivity (Wildman–Crippen MR) is 96.8 cm³/mol. The smallest absolute Gasteiger partial charge is 0.225 e. The summed E-state index contributed by atoms with van der Waals surface area (Å²) in [5, 5.41) is 0. The van der Waals surface area contributed by atoms with Gasteiger partial charge in [-0.1, -0.05) is 0 Å². The Morgan fingerprint density at radius 3 is 2.00 bits per heavy atom. The SMILES string of the molecule is CC(C)(C)OCCN1CCN(c2ncc(OC(C)(C)C)cn2)CC1. The minimum atomic E-state index is -0.231. The van der Waals surface area contributed by atoms with E-state index >= 15 is 0 Å². The Hall–Kier alpha value is -1.40. The molecule has 1 aromatic rings. The van der Waals surface area contributed by atoms with Crippen LogP contribution in [-0.2, 0) is 4.74 Å². The van der Waals surface area contributed by atoms with E-state index in [1.807, 2.05) is 20.8 Å². The van der Waals surface area contributed by atoms with Gasteiger partial charge in [0.2, 0.25) is 5.95 Å². The Kier molecular flexibility index (Phi) is 6.04. The molecule has 1 saturated heterocycles. The molecule has 24 heavy (non-hydrogen) atoms. The van der Waals surface area contributed by atoms with Crippen molar-refractivity contribution in [2.24, 2.45) is 0 Å². The van der Waals surface area contributed by atoms with Gasteiger partial charge in [-0.15, -0.1) is 0 Å². The fourth-order valence-electron chi connectivity index (χ4n) is 2.53. The van der Waals surface area contributed by atoms with Gasteiger partial charge in [-0.25, -0.2) is 9.97 Å². The molecule has 0 unspecified atom stereocenters. The van der Waals surface area contributed by atoms with Gasteiger partial charge in [0.15, 0.2) is 5.75 Å². The highest BCUT2D eigenvalue weighted by atomic mass is 16.5. The second-order valence-electron chi connectivity index (χ2n) is 8.22. The Bertz CT molecular complexity index is 497. The van der Waals surface area contributed by atoms with E-state index in [4.69, 9.17) is 9.47 Å². The van der Waals surface area contributed by atoms with Crippen molar-refractivity contribution in [3.63, 3.8) is 0 Å². The molecule has 1 aromatic heterocycles. The third-order valence-electron chi connectivity index (χ3n) is 3.64. The average Bonchev–Trinajstić information content (AvgIpc) is 2.46. The molecule has 0 aromatic carbocycles. The largest absolute Gasteiger partial charge is 0.485 e. The first-order valence-corrected chi connectivity index (χ1v) is 8.75. The van der Waals surface area contributed by atoms with Gasteiger partial charge >= 0.3 is 0 Å². The number of hydrogen-bond acceptors (Lipinski definition) is 6. The molecule has 0 spiro atoms. The molecule has 0 radical (unpaired) electrons. The monoisotopic (exact) mass is 336 g/mol. The van der Waals surface area contributed by atoms with Crippen LogP contribution in [-0.4, -0.2) is 65.4 Å². The summed E-state index contributed by atoms with van der Waals surface area (Å²) < 4.78 is 11.6. The molecule has 2 rings (SSSR count). The number of aromatic nitrogens is 2. The van der Waals surface area contributed by atoms with Crippen molar-refractivity contribution in [2.75, 3.05) is 44.2 Å². The Morgan fingerprint density at radius 1 is 0.917 bits per heavy atom. The highest BCUT2D eigenvalue weighted by Crippen LogP contribution is 2.18. The van der Waals surface area contributed by atoms with Gasteiger partial charge in [0, 0.05) is 32.7 Å². The average molecular weight is 336 g/mol. The summed E-state index contributed by atoms with van der Waals surface area (Å²) in [6, 6.07) is 0. The van der Waals surface area contributed by atoms with Crippen LogP contribution >= 0.6 is 0 Å². The van der Waals surface area contributed by atoms with Crippen molar-refractivity contribution in [1.82, 2.24) is 14.9 Å². The van der Waals surface area contributed by atoms with E-state index < -0.39 is 0 Å². The van der Waals surface area contributed by atoms with E-state index in [1.54, 1.807) is 12.4 Å². The minimum Gasteiger partial charge on any atom is -0.485 e. The van der Waals surface area contributed by atoms with Crippen molar-refractivity contribution in [1.29, 1.82) is 0 Å². The lowest BCUT2D eigenvalue weighted by atomic mass is 10.2. The van der Waals surface area contributed by atoms with Gasteiger partial charge in [-0.3, -0.25) is 4.90 Å². The molecule has 0 amide bonds. The van der Waals surface area contributed by atoms with Crippen LogP contribution in [0.5, 0.6) is 5.75 Å². The molecule has 2 heterocycles. The maximum Gasteiger partial charge on any atom is 0.225 e. The molecular weight excluding hydrogens is 304 g/mol. The summed E-state index contributed by atoms with van der Waals surface area (Å²) in [7, 11) is 0. The first kappa shape index (κ1) is 18.9. The number of anilines is 1. The second-order valence-corrected chi connectivity index (χ2v) is 8.22. The number of piperazine rings is 1. The van der Waals surface area contributed by atoms with Gasteiger partial charge in [-0.05, 0) is 41.5 Å². The van der Waals surface area contributed by atoms with Gasteiger partial charge in [-0.2, -0.15) is 0 Å². The molecule has 1 aliphatic heterocycles. The van der Waals surface area contributed by atoms with Crippen LogP contribution in [0.4, 0.5) is 5.95 Å². The third kappa shape index (κ3) is 6.61. The van der Waals surface area contributed by atoms with Crippen molar-refractivity contribution in [2.45, 2.75) is 52.7 Å². The maximum absolute atomic E-state index is 5.80. The fourth-order valence-corrected chi connectivity index (χ4v) is 2.53. The third-order valence-corrected chi connectivity index (χ3v) is 3.64. The standard InChI is InChI=1S/C18H32N4O2/c1-17(2,3)23-12-11-21-7-9-22(10-8-21)16-19-13-15(14-20-16)24-18(4,5)6/h13-14H,7-12H2,1-6H3. The van der Waals surface area contributed by atoms with E-state index in [0.29, 0.717) is 5.75 Å². The number of ether oxygens (including phenoxy) is 2. The van der Waals surface area contributed by atoms with Gasteiger partial charge in [0.25, 0.3) is 0 Å². The van der Waals surface area contributed by atoms with Crippen molar-refractivity contribution >= 4 is 5.95 Å². The first-order chi connectivity index (χ1) is 11.1. The molecule has 0 atom stereocenters. The molecule has 0 N–H and O–H groups in total. The van der Waals surface area contributed by atoms with Gasteiger partial charge < -0.3 is 14.4 Å². The van der Waals surface area contributed by atoms with E-state index in [2.05, 4.69) is 40.5 Å². The summed E-state index contributed by atoms with van der Waals surface area (Å²) in [5.74, 6) is 1.49. The number of hydrogen-bond donors (Lipinski definition) is 0. The zero-order valence-electron chi connectivity index (χ0n) is 16.0. The molecule has 0 aliphatic carbocycles. The van der Waals surface area contributed by atoms with Gasteiger partial charge in [0.1, 0.15) is 5.60 Å². The normalized spacial score (nSPS) is 17.2. The van der Waals surface area contributed by atoms with Crippen molar-refractivity contribution in [3.05, 3.63) is 12.4 Å². The van der Waals surface area contributed by atoms with E-state index in [-0.39, 0.29) is 11.2 Å². The Morgan fingerprint density at radius 2 is 1.50 bits per heavy atom. The van der Waals surface area contributed by atoms with Crippen LogP contribution in [0.15, 0.2) is 12.4 Å². The highest BCUT2D eigenvalue weighted by molar-refractivity contribution is 5.32. The van der Waals surface area contributed by atoms with Crippen LogP contribution in [0.1, 0.15) is 41.5 Å². The lowest BCUT2D eigenvalue weighted by molar-refractivity contribution is -0.0135. The molecular formula is C18H32N4O2. The number of nitrogens with zero attached hydrogens (tertiary/aromatic N) is 4. The van der Waals surface area contributed by atoms with E-state index in [9.17, 15) is 0 Å². The van der Waals surface area contributed by atoms with E-state index in [1.165, 1.54) is 0 Å². The first-order valence-electron chi connectivity index (χ1n) is 8.75. The van der Waals surface area contributed by atoms with Crippen LogP contribution in [0.2, 0.25) is 0 Å².